The number of benzene rings is 1. The third kappa shape index (κ3) is 3.94. The molecular weight excluding hydrogens is 345 g/mol. The molecule has 1 aromatic rings. The van der Waals surface area contributed by atoms with E-state index in [9.17, 15) is 14.0 Å². The molecule has 3 fully saturated rings. The van der Waals surface area contributed by atoms with Crippen LogP contribution in [-0.4, -0.2) is 60.4 Å². The maximum absolute atomic E-state index is 13.1. The fourth-order valence-electron chi connectivity index (χ4n) is 4.74. The van der Waals surface area contributed by atoms with Crippen LogP contribution in [-0.2, 0) is 9.59 Å². The standard InChI is InChI=1S/C21H28FN3O2/c22-17-6-8-18(9-7-17)23-10-12-24(13-11-23)21(27)16-14-20(26)25(15-16)19-4-2-1-3-5-19/h6-9,16,19H,1-5,10-15H2/t16-/m0/s1. The Kier molecular flexibility index (Phi) is 5.32. The molecule has 5 nitrogen and oxygen atoms in total. The first-order chi connectivity index (χ1) is 13.1. The summed E-state index contributed by atoms with van der Waals surface area (Å²) in [5.74, 6) is -0.136. The molecule has 0 radical (unpaired) electrons. The van der Waals surface area contributed by atoms with Gasteiger partial charge in [-0.2, -0.15) is 0 Å². The Labute approximate surface area is 160 Å². The molecule has 2 aliphatic heterocycles. The van der Waals surface area contributed by atoms with Gasteiger partial charge in [-0.3, -0.25) is 9.59 Å². The maximum atomic E-state index is 13.1. The SMILES string of the molecule is O=C([C@H]1CC(=O)N(C2CCCCC2)C1)N1CCN(c2ccc(F)cc2)CC1. The highest BCUT2D eigenvalue weighted by atomic mass is 19.1. The van der Waals surface area contributed by atoms with Crippen molar-refractivity contribution in [2.24, 2.45) is 5.92 Å². The molecule has 0 spiro atoms. The van der Waals surface area contributed by atoms with Gasteiger partial charge in [0.05, 0.1) is 5.92 Å². The second-order valence-electron chi connectivity index (χ2n) is 8.03. The van der Waals surface area contributed by atoms with Crippen molar-refractivity contribution >= 4 is 17.5 Å². The summed E-state index contributed by atoms with van der Waals surface area (Å²) in [5, 5.41) is 0. The van der Waals surface area contributed by atoms with Crippen molar-refractivity contribution in [3.05, 3.63) is 30.1 Å². The first kappa shape index (κ1) is 18.3. The van der Waals surface area contributed by atoms with Crippen LogP contribution >= 0.6 is 0 Å². The van der Waals surface area contributed by atoms with E-state index in [1.165, 1.54) is 31.4 Å². The van der Waals surface area contributed by atoms with Gasteiger partial charge in [0.1, 0.15) is 5.82 Å². The van der Waals surface area contributed by atoms with Crippen LogP contribution in [0.4, 0.5) is 10.1 Å². The van der Waals surface area contributed by atoms with Crippen molar-refractivity contribution in [2.45, 2.75) is 44.6 Å². The summed E-state index contributed by atoms with van der Waals surface area (Å²) in [5.41, 5.74) is 0.989. The average molecular weight is 373 g/mol. The van der Waals surface area contributed by atoms with E-state index < -0.39 is 0 Å². The third-order valence-corrected chi connectivity index (χ3v) is 6.31. The highest BCUT2D eigenvalue weighted by Crippen LogP contribution is 2.29. The molecular formula is C21H28FN3O2. The monoisotopic (exact) mass is 373 g/mol. The van der Waals surface area contributed by atoms with Crippen LogP contribution in [0.1, 0.15) is 38.5 Å². The number of carbonyl (C=O) groups excluding carboxylic acids is 2. The Bertz CT molecular complexity index is 679. The van der Waals surface area contributed by atoms with E-state index in [4.69, 9.17) is 0 Å². The van der Waals surface area contributed by atoms with Crippen molar-refractivity contribution in [1.29, 1.82) is 0 Å². The van der Waals surface area contributed by atoms with Gasteiger partial charge in [-0.05, 0) is 37.1 Å². The van der Waals surface area contributed by atoms with Crippen LogP contribution in [0.3, 0.4) is 0 Å². The fraction of sp³-hybridized carbons (Fsp3) is 0.619. The van der Waals surface area contributed by atoms with E-state index in [1.807, 2.05) is 9.80 Å². The van der Waals surface area contributed by atoms with Crippen molar-refractivity contribution < 1.29 is 14.0 Å². The molecule has 1 saturated carbocycles. The number of amides is 2. The molecule has 1 atom stereocenters. The predicted molar refractivity (Wildman–Crippen MR) is 102 cm³/mol. The summed E-state index contributed by atoms with van der Waals surface area (Å²) >= 11 is 0. The van der Waals surface area contributed by atoms with Gasteiger partial charge in [0.2, 0.25) is 11.8 Å². The zero-order valence-corrected chi connectivity index (χ0v) is 15.8. The summed E-state index contributed by atoms with van der Waals surface area (Å²) in [6, 6.07) is 6.85. The minimum Gasteiger partial charge on any atom is -0.368 e. The number of hydrogen-bond acceptors (Lipinski definition) is 3. The van der Waals surface area contributed by atoms with E-state index >= 15 is 0 Å². The highest BCUT2D eigenvalue weighted by Gasteiger charge is 2.40. The molecule has 6 heteroatoms. The van der Waals surface area contributed by atoms with E-state index in [2.05, 4.69) is 4.90 Å². The smallest absolute Gasteiger partial charge is 0.228 e. The second-order valence-corrected chi connectivity index (χ2v) is 8.03. The minimum absolute atomic E-state index is 0.125. The molecule has 146 valence electrons. The molecule has 0 N–H and O–H groups in total. The Morgan fingerprint density at radius 2 is 1.63 bits per heavy atom. The molecule has 1 aliphatic carbocycles. The first-order valence-electron chi connectivity index (χ1n) is 10.2. The molecule has 2 heterocycles. The average Bonchev–Trinajstić information content (AvgIpc) is 3.10. The number of halogens is 1. The normalized spacial score (nSPS) is 24.6. The number of nitrogens with zero attached hydrogens (tertiary/aromatic N) is 3. The van der Waals surface area contributed by atoms with E-state index in [-0.39, 0.29) is 23.5 Å². The van der Waals surface area contributed by atoms with Crippen LogP contribution in [0.15, 0.2) is 24.3 Å². The Morgan fingerprint density at radius 3 is 2.30 bits per heavy atom. The fourth-order valence-corrected chi connectivity index (χ4v) is 4.74. The quantitative estimate of drug-likeness (QED) is 0.818. The first-order valence-corrected chi connectivity index (χ1v) is 10.2. The lowest BCUT2D eigenvalue weighted by atomic mass is 9.94. The van der Waals surface area contributed by atoms with Gasteiger partial charge >= 0.3 is 0 Å². The predicted octanol–water partition coefficient (Wildman–Crippen LogP) is 2.66. The second kappa shape index (κ2) is 7.87. The molecule has 27 heavy (non-hydrogen) atoms. The number of hydrogen-bond donors (Lipinski definition) is 0. The van der Waals surface area contributed by atoms with Gasteiger partial charge in [-0.1, -0.05) is 19.3 Å². The topological polar surface area (TPSA) is 43.9 Å². The summed E-state index contributed by atoms with van der Waals surface area (Å²) in [4.78, 5) is 31.5. The van der Waals surface area contributed by atoms with E-state index in [0.29, 0.717) is 32.1 Å². The largest absolute Gasteiger partial charge is 0.368 e. The number of anilines is 1. The molecule has 3 aliphatic rings. The van der Waals surface area contributed by atoms with Crippen molar-refractivity contribution in [3.8, 4) is 0 Å². The number of carbonyl (C=O) groups is 2. The van der Waals surface area contributed by atoms with E-state index in [1.54, 1.807) is 12.1 Å². The van der Waals surface area contributed by atoms with Gasteiger partial charge in [-0.25, -0.2) is 4.39 Å². The van der Waals surface area contributed by atoms with Crippen LogP contribution in [0.5, 0.6) is 0 Å². The maximum Gasteiger partial charge on any atom is 0.228 e. The Morgan fingerprint density at radius 1 is 0.963 bits per heavy atom. The zero-order valence-electron chi connectivity index (χ0n) is 15.8. The van der Waals surface area contributed by atoms with Gasteiger partial charge < -0.3 is 14.7 Å². The molecule has 0 unspecified atom stereocenters. The molecule has 1 aromatic carbocycles. The van der Waals surface area contributed by atoms with Crippen LogP contribution in [0.2, 0.25) is 0 Å². The van der Waals surface area contributed by atoms with Gasteiger partial charge in [0.25, 0.3) is 0 Å². The summed E-state index contributed by atoms with van der Waals surface area (Å²) in [6.07, 6.45) is 6.19. The lowest BCUT2D eigenvalue weighted by molar-refractivity contribution is -0.136. The summed E-state index contributed by atoms with van der Waals surface area (Å²) < 4.78 is 13.1. The molecule has 4 rings (SSSR count). The number of rotatable bonds is 3. The lowest BCUT2D eigenvalue weighted by Crippen LogP contribution is -2.50. The Balaban J connectivity index is 1.31. The van der Waals surface area contributed by atoms with Crippen molar-refractivity contribution in [3.63, 3.8) is 0 Å². The van der Waals surface area contributed by atoms with E-state index in [0.717, 1.165) is 31.6 Å². The van der Waals surface area contributed by atoms with Gasteiger partial charge in [0.15, 0.2) is 0 Å². The molecule has 2 amide bonds. The summed E-state index contributed by atoms with van der Waals surface area (Å²) in [6.45, 7) is 3.39. The van der Waals surface area contributed by atoms with Crippen LogP contribution < -0.4 is 4.90 Å². The zero-order chi connectivity index (χ0) is 18.8. The minimum atomic E-state index is -0.235. The van der Waals surface area contributed by atoms with Crippen molar-refractivity contribution in [1.82, 2.24) is 9.80 Å². The van der Waals surface area contributed by atoms with Crippen molar-refractivity contribution in [2.75, 3.05) is 37.6 Å². The number of piperazine rings is 1. The Hall–Kier alpha value is -2.11. The molecule has 0 bridgehead atoms. The van der Waals surface area contributed by atoms with Gasteiger partial charge in [0, 0.05) is 50.9 Å². The van der Waals surface area contributed by atoms with Gasteiger partial charge in [-0.15, -0.1) is 0 Å². The van der Waals surface area contributed by atoms with Crippen LogP contribution in [0.25, 0.3) is 0 Å². The molecule has 2 saturated heterocycles. The summed E-state index contributed by atoms with van der Waals surface area (Å²) in [7, 11) is 0. The van der Waals surface area contributed by atoms with Crippen LogP contribution in [0, 0.1) is 11.7 Å². The third-order valence-electron chi connectivity index (χ3n) is 6.31. The lowest BCUT2D eigenvalue weighted by Gasteiger charge is -2.37. The molecule has 0 aromatic heterocycles. The number of likely N-dealkylation sites (tertiary alicyclic amines) is 1. The highest BCUT2D eigenvalue weighted by molar-refractivity contribution is 5.89.